The molecule has 17 heavy (non-hydrogen) atoms. The SMILES string of the molecule is CCC(NC)C(C)Cc1nc2ccccc2s1. The Hall–Kier alpha value is -0.930. The first-order chi connectivity index (χ1) is 8.24. The second-order valence-electron chi connectivity index (χ2n) is 4.56. The van der Waals surface area contributed by atoms with Crippen molar-refractivity contribution >= 4 is 21.6 Å². The normalized spacial score (nSPS) is 15.0. The van der Waals surface area contributed by atoms with E-state index in [1.165, 1.54) is 16.1 Å². The minimum absolute atomic E-state index is 0.585. The highest BCUT2D eigenvalue weighted by atomic mass is 32.1. The first-order valence-corrected chi connectivity index (χ1v) is 7.08. The average Bonchev–Trinajstić information content (AvgIpc) is 2.72. The predicted molar refractivity (Wildman–Crippen MR) is 75.6 cm³/mol. The number of nitrogens with zero attached hydrogens (tertiary/aromatic N) is 1. The van der Waals surface area contributed by atoms with E-state index in [0.717, 1.165) is 11.9 Å². The van der Waals surface area contributed by atoms with Gasteiger partial charge in [0.25, 0.3) is 0 Å². The summed E-state index contributed by atoms with van der Waals surface area (Å²) in [7, 11) is 2.04. The summed E-state index contributed by atoms with van der Waals surface area (Å²) >= 11 is 1.83. The van der Waals surface area contributed by atoms with E-state index >= 15 is 0 Å². The number of para-hydroxylation sites is 1. The van der Waals surface area contributed by atoms with Crippen molar-refractivity contribution in [3.63, 3.8) is 0 Å². The van der Waals surface area contributed by atoms with E-state index in [1.54, 1.807) is 0 Å². The number of aromatic nitrogens is 1. The minimum Gasteiger partial charge on any atom is -0.317 e. The number of hydrogen-bond acceptors (Lipinski definition) is 3. The van der Waals surface area contributed by atoms with Crippen LogP contribution in [0.15, 0.2) is 24.3 Å². The molecule has 1 N–H and O–H groups in total. The zero-order valence-electron chi connectivity index (χ0n) is 10.7. The van der Waals surface area contributed by atoms with Crippen molar-refractivity contribution in [2.45, 2.75) is 32.7 Å². The topological polar surface area (TPSA) is 24.9 Å². The van der Waals surface area contributed by atoms with Crippen molar-refractivity contribution in [2.75, 3.05) is 7.05 Å². The summed E-state index contributed by atoms with van der Waals surface area (Å²) < 4.78 is 1.30. The summed E-state index contributed by atoms with van der Waals surface area (Å²) in [5.41, 5.74) is 1.14. The highest BCUT2D eigenvalue weighted by molar-refractivity contribution is 7.18. The van der Waals surface area contributed by atoms with E-state index in [4.69, 9.17) is 4.98 Å². The first kappa shape index (κ1) is 12.5. The molecule has 92 valence electrons. The molecule has 3 heteroatoms. The molecule has 0 fully saturated rings. The number of rotatable bonds is 5. The van der Waals surface area contributed by atoms with Gasteiger partial charge in [0.1, 0.15) is 0 Å². The molecular weight excluding hydrogens is 228 g/mol. The van der Waals surface area contributed by atoms with Crippen molar-refractivity contribution in [1.82, 2.24) is 10.3 Å². The summed E-state index contributed by atoms with van der Waals surface area (Å²) in [4.78, 5) is 4.69. The molecule has 0 saturated heterocycles. The summed E-state index contributed by atoms with van der Waals surface area (Å²) in [6.07, 6.45) is 2.24. The van der Waals surface area contributed by atoms with Crippen LogP contribution in [0.3, 0.4) is 0 Å². The summed E-state index contributed by atoms with van der Waals surface area (Å²) in [6, 6.07) is 8.96. The fourth-order valence-electron chi connectivity index (χ4n) is 2.32. The van der Waals surface area contributed by atoms with Crippen molar-refractivity contribution < 1.29 is 0 Å². The second kappa shape index (κ2) is 5.61. The third kappa shape index (κ3) is 2.85. The average molecular weight is 248 g/mol. The van der Waals surface area contributed by atoms with Crippen molar-refractivity contribution in [3.05, 3.63) is 29.3 Å². The number of nitrogens with one attached hydrogen (secondary N) is 1. The van der Waals surface area contributed by atoms with Crippen LogP contribution < -0.4 is 5.32 Å². The Morgan fingerprint density at radius 1 is 1.35 bits per heavy atom. The largest absolute Gasteiger partial charge is 0.317 e. The van der Waals surface area contributed by atoms with E-state index < -0.39 is 0 Å². The van der Waals surface area contributed by atoms with Gasteiger partial charge in [-0.15, -0.1) is 11.3 Å². The van der Waals surface area contributed by atoms with Gasteiger partial charge in [0, 0.05) is 12.5 Å². The Balaban J connectivity index is 2.12. The van der Waals surface area contributed by atoms with Crippen LogP contribution in [0.25, 0.3) is 10.2 Å². The van der Waals surface area contributed by atoms with Gasteiger partial charge in [-0.3, -0.25) is 0 Å². The Morgan fingerprint density at radius 3 is 2.76 bits per heavy atom. The fourth-order valence-corrected chi connectivity index (χ4v) is 3.42. The maximum absolute atomic E-state index is 4.69. The van der Waals surface area contributed by atoms with Crippen LogP contribution in [-0.2, 0) is 6.42 Å². The predicted octanol–water partition coefficient (Wildman–Crippen LogP) is 3.47. The van der Waals surface area contributed by atoms with E-state index in [1.807, 2.05) is 18.4 Å². The van der Waals surface area contributed by atoms with Gasteiger partial charge in [-0.2, -0.15) is 0 Å². The van der Waals surface area contributed by atoms with Gasteiger partial charge < -0.3 is 5.32 Å². The van der Waals surface area contributed by atoms with Crippen molar-refractivity contribution in [3.8, 4) is 0 Å². The molecule has 0 bridgehead atoms. The summed E-state index contributed by atoms with van der Waals surface area (Å²) in [5.74, 6) is 0.630. The molecule has 0 amide bonds. The quantitative estimate of drug-likeness (QED) is 0.876. The molecule has 0 aliphatic carbocycles. The molecule has 0 saturated carbocycles. The van der Waals surface area contributed by atoms with Gasteiger partial charge in [-0.1, -0.05) is 26.0 Å². The number of thiazole rings is 1. The highest BCUT2D eigenvalue weighted by Crippen LogP contribution is 2.24. The van der Waals surface area contributed by atoms with E-state index in [9.17, 15) is 0 Å². The lowest BCUT2D eigenvalue weighted by molar-refractivity contribution is 0.386. The monoisotopic (exact) mass is 248 g/mol. The van der Waals surface area contributed by atoms with E-state index in [-0.39, 0.29) is 0 Å². The van der Waals surface area contributed by atoms with Gasteiger partial charge in [-0.25, -0.2) is 4.98 Å². The van der Waals surface area contributed by atoms with Crippen LogP contribution in [-0.4, -0.2) is 18.1 Å². The lowest BCUT2D eigenvalue weighted by Crippen LogP contribution is -2.32. The van der Waals surface area contributed by atoms with Crippen LogP contribution in [0.2, 0.25) is 0 Å². The standard InChI is InChI=1S/C14H20N2S/c1-4-11(15-3)10(2)9-14-16-12-7-5-6-8-13(12)17-14/h5-8,10-11,15H,4,9H2,1-3H3. The maximum atomic E-state index is 4.69. The van der Waals surface area contributed by atoms with Gasteiger partial charge in [0.05, 0.1) is 15.2 Å². The molecule has 1 heterocycles. The number of benzene rings is 1. The Bertz CT molecular complexity index is 441. The second-order valence-corrected chi connectivity index (χ2v) is 5.68. The Kier molecular flexibility index (Phi) is 4.13. The van der Waals surface area contributed by atoms with E-state index in [2.05, 4.69) is 43.4 Å². The molecule has 0 aliphatic rings. The molecule has 2 nitrogen and oxygen atoms in total. The van der Waals surface area contributed by atoms with Crippen LogP contribution in [0.5, 0.6) is 0 Å². The fraction of sp³-hybridized carbons (Fsp3) is 0.500. The summed E-state index contributed by atoms with van der Waals surface area (Å²) in [5, 5.41) is 4.64. The molecule has 2 rings (SSSR count). The summed E-state index contributed by atoms with van der Waals surface area (Å²) in [6.45, 7) is 4.53. The Labute approximate surface area is 107 Å². The molecule has 0 aliphatic heterocycles. The smallest absolute Gasteiger partial charge is 0.0941 e. The number of hydrogen-bond donors (Lipinski definition) is 1. The molecule has 0 radical (unpaired) electrons. The van der Waals surface area contributed by atoms with Crippen molar-refractivity contribution in [2.24, 2.45) is 5.92 Å². The lowest BCUT2D eigenvalue weighted by Gasteiger charge is -2.20. The van der Waals surface area contributed by atoms with Gasteiger partial charge in [0.15, 0.2) is 0 Å². The van der Waals surface area contributed by atoms with Gasteiger partial charge in [0.2, 0.25) is 0 Å². The highest BCUT2D eigenvalue weighted by Gasteiger charge is 2.15. The first-order valence-electron chi connectivity index (χ1n) is 6.26. The third-order valence-electron chi connectivity index (χ3n) is 3.33. The van der Waals surface area contributed by atoms with Crippen LogP contribution in [0.4, 0.5) is 0 Å². The van der Waals surface area contributed by atoms with Crippen LogP contribution in [0, 0.1) is 5.92 Å². The molecule has 2 aromatic rings. The van der Waals surface area contributed by atoms with Crippen LogP contribution in [0.1, 0.15) is 25.3 Å². The van der Waals surface area contributed by atoms with E-state index in [0.29, 0.717) is 12.0 Å². The zero-order chi connectivity index (χ0) is 12.3. The molecule has 1 aromatic carbocycles. The zero-order valence-corrected chi connectivity index (χ0v) is 11.6. The molecule has 2 atom stereocenters. The Morgan fingerprint density at radius 2 is 2.12 bits per heavy atom. The number of fused-ring (bicyclic) bond motifs is 1. The molecular formula is C14H20N2S. The third-order valence-corrected chi connectivity index (χ3v) is 4.39. The molecule has 0 spiro atoms. The molecule has 2 unspecified atom stereocenters. The maximum Gasteiger partial charge on any atom is 0.0941 e. The van der Waals surface area contributed by atoms with Gasteiger partial charge in [-0.05, 0) is 31.5 Å². The molecule has 1 aromatic heterocycles. The van der Waals surface area contributed by atoms with Crippen LogP contribution >= 0.6 is 11.3 Å². The van der Waals surface area contributed by atoms with Crippen molar-refractivity contribution in [1.29, 1.82) is 0 Å². The lowest BCUT2D eigenvalue weighted by atomic mass is 9.97. The minimum atomic E-state index is 0.585. The van der Waals surface area contributed by atoms with Gasteiger partial charge >= 0.3 is 0 Å².